The van der Waals surface area contributed by atoms with Crippen molar-refractivity contribution in [2.24, 2.45) is 0 Å². The van der Waals surface area contributed by atoms with Crippen LogP contribution in [0.3, 0.4) is 0 Å². The number of rotatable bonds is 5. The Labute approximate surface area is 185 Å². The fraction of sp³-hybridized carbons (Fsp3) is 0.429. The molecule has 6 nitrogen and oxygen atoms in total. The molecule has 0 spiro atoms. The van der Waals surface area contributed by atoms with Gasteiger partial charge in [-0.1, -0.05) is 6.92 Å². The van der Waals surface area contributed by atoms with E-state index in [0.29, 0.717) is 23.6 Å². The zero-order valence-electron chi connectivity index (χ0n) is 17.5. The second-order valence-corrected chi connectivity index (χ2v) is 7.77. The van der Waals surface area contributed by atoms with Gasteiger partial charge >= 0.3 is 12.5 Å². The first kappa shape index (κ1) is 23.1. The second-order valence-electron chi connectivity index (χ2n) is 7.77. The molecule has 1 saturated heterocycles. The van der Waals surface area contributed by atoms with Crippen molar-refractivity contribution in [1.82, 2.24) is 19.5 Å². The molecule has 1 aliphatic heterocycles. The van der Waals surface area contributed by atoms with Crippen molar-refractivity contribution in [2.75, 3.05) is 25.0 Å². The molecule has 1 fully saturated rings. The molecule has 1 aromatic carbocycles. The van der Waals surface area contributed by atoms with Gasteiger partial charge < -0.3 is 15.0 Å². The minimum atomic E-state index is -5.18. The largest absolute Gasteiger partial charge is 0.573 e. The number of aromatic nitrogens is 3. The van der Waals surface area contributed by atoms with Gasteiger partial charge in [0.05, 0.1) is 11.1 Å². The van der Waals surface area contributed by atoms with Crippen LogP contribution in [0.15, 0.2) is 36.5 Å². The van der Waals surface area contributed by atoms with Crippen LogP contribution in [0.4, 0.5) is 32.3 Å². The molecule has 1 aliphatic rings. The zero-order chi connectivity index (χ0) is 23.8. The van der Waals surface area contributed by atoms with Gasteiger partial charge in [-0.15, -0.1) is 23.4 Å². The van der Waals surface area contributed by atoms with Crippen LogP contribution in [0.5, 0.6) is 5.75 Å². The number of ether oxygens (including phenoxy) is 1. The number of benzene rings is 1. The smallest absolute Gasteiger partial charge is 0.405 e. The predicted octanol–water partition coefficient (Wildman–Crippen LogP) is 5.21. The lowest BCUT2D eigenvalue weighted by atomic mass is 10.1. The lowest BCUT2D eigenvalue weighted by Crippen LogP contribution is -2.42. The number of anilines is 1. The molecular formula is C21H21F6N5O. The average molecular weight is 473 g/mol. The first-order chi connectivity index (χ1) is 15.5. The summed E-state index contributed by atoms with van der Waals surface area (Å²) in [7, 11) is 0. The third kappa shape index (κ3) is 5.15. The van der Waals surface area contributed by atoms with Gasteiger partial charge in [-0.2, -0.15) is 13.2 Å². The van der Waals surface area contributed by atoms with Gasteiger partial charge in [0.15, 0.2) is 0 Å². The number of piperidine rings is 1. The standard InChI is InChI=1S/C21H21F6N5O/c1-2-31-9-3-5-14(12-31)28-19-30-29-18(16-6-4-10-32(16)19)15-8-7-13(20(22,23)24)11-17(15)33-21(25,26)27/h4,6-8,10-11,14H,2-3,5,9,12H2,1H3,(H,28,30). The molecule has 0 saturated carbocycles. The van der Waals surface area contributed by atoms with Crippen LogP contribution < -0.4 is 10.1 Å². The second kappa shape index (κ2) is 8.73. The van der Waals surface area contributed by atoms with E-state index in [9.17, 15) is 26.3 Å². The van der Waals surface area contributed by atoms with Crippen LogP contribution in [0.1, 0.15) is 25.3 Å². The molecule has 12 heteroatoms. The summed E-state index contributed by atoms with van der Waals surface area (Å²) in [6.45, 7) is 4.81. The molecule has 178 valence electrons. The SMILES string of the molecule is CCN1CCCC(Nc2nnc(-c3ccc(C(F)(F)F)cc3OC(F)(F)F)c3cccn23)C1. The molecule has 1 atom stereocenters. The van der Waals surface area contributed by atoms with Gasteiger partial charge in [-0.25, -0.2) is 0 Å². The number of likely N-dealkylation sites (tertiary alicyclic amines) is 1. The van der Waals surface area contributed by atoms with E-state index in [1.54, 1.807) is 22.7 Å². The number of nitrogens with zero attached hydrogens (tertiary/aromatic N) is 4. The fourth-order valence-corrected chi connectivity index (χ4v) is 3.99. The Bertz CT molecular complexity index is 1130. The third-order valence-corrected chi connectivity index (χ3v) is 5.54. The lowest BCUT2D eigenvalue weighted by molar-refractivity contribution is -0.274. The lowest BCUT2D eigenvalue weighted by Gasteiger charge is -2.32. The molecule has 33 heavy (non-hydrogen) atoms. The fourth-order valence-electron chi connectivity index (χ4n) is 3.99. The Hall–Kier alpha value is -3.02. The number of likely N-dealkylation sites (N-methyl/N-ethyl adjacent to an activating group) is 1. The molecule has 1 unspecified atom stereocenters. The van der Waals surface area contributed by atoms with Crippen molar-refractivity contribution in [2.45, 2.75) is 38.3 Å². The maximum Gasteiger partial charge on any atom is 0.573 e. The summed E-state index contributed by atoms with van der Waals surface area (Å²) in [5, 5.41) is 11.5. The van der Waals surface area contributed by atoms with E-state index in [1.165, 1.54) is 0 Å². The van der Waals surface area contributed by atoms with Crippen LogP contribution in [0.25, 0.3) is 16.8 Å². The van der Waals surface area contributed by atoms with Crippen molar-refractivity contribution < 1.29 is 31.1 Å². The summed E-state index contributed by atoms with van der Waals surface area (Å²) in [4.78, 5) is 2.29. The quantitative estimate of drug-likeness (QED) is 0.516. The van der Waals surface area contributed by atoms with Gasteiger partial charge in [0.25, 0.3) is 0 Å². The highest BCUT2D eigenvalue weighted by Gasteiger charge is 2.36. The minimum Gasteiger partial charge on any atom is -0.405 e. The normalized spacial score (nSPS) is 18.0. The van der Waals surface area contributed by atoms with E-state index >= 15 is 0 Å². The summed E-state index contributed by atoms with van der Waals surface area (Å²) in [6.07, 6.45) is -6.43. The van der Waals surface area contributed by atoms with Crippen molar-refractivity contribution in [3.63, 3.8) is 0 Å². The van der Waals surface area contributed by atoms with Crippen molar-refractivity contribution in [3.8, 4) is 17.0 Å². The van der Waals surface area contributed by atoms with Gasteiger partial charge in [-0.3, -0.25) is 4.40 Å². The van der Waals surface area contributed by atoms with Crippen molar-refractivity contribution in [1.29, 1.82) is 0 Å². The van der Waals surface area contributed by atoms with Gasteiger partial charge in [-0.05, 0) is 56.3 Å². The van der Waals surface area contributed by atoms with E-state index in [1.807, 2.05) is 0 Å². The Morgan fingerprint density at radius 1 is 1.12 bits per heavy atom. The molecule has 3 heterocycles. The Kier molecular flexibility index (Phi) is 6.12. The van der Waals surface area contributed by atoms with E-state index in [2.05, 4.69) is 32.1 Å². The number of alkyl halides is 6. The maximum atomic E-state index is 13.1. The molecule has 1 N–H and O–H groups in total. The molecular weight excluding hydrogens is 452 g/mol. The van der Waals surface area contributed by atoms with Gasteiger partial charge in [0.2, 0.25) is 5.95 Å². The summed E-state index contributed by atoms with van der Waals surface area (Å²) in [5.41, 5.74) is -1.17. The van der Waals surface area contributed by atoms with Crippen molar-refractivity contribution in [3.05, 3.63) is 42.1 Å². The molecule has 0 bridgehead atoms. The van der Waals surface area contributed by atoms with Crippen LogP contribution in [0, 0.1) is 0 Å². The summed E-state index contributed by atoms with van der Waals surface area (Å²) in [6, 6.07) is 5.28. The number of nitrogens with one attached hydrogen (secondary N) is 1. The molecule has 0 amide bonds. The number of hydrogen-bond donors (Lipinski definition) is 1. The van der Waals surface area contributed by atoms with Crippen LogP contribution in [-0.2, 0) is 6.18 Å². The topological polar surface area (TPSA) is 54.7 Å². The number of fused-ring (bicyclic) bond motifs is 1. The highest BCUT2D eigenvalue weighted by Crippen LogP contribution is 2.40. The maximum absolute atomic E-state index is 13.1. The van der Waals surface area contributed by atoms with E-state index in [-0.39, 0.29) is 17.3 Å². The molecule has 0 radical (unpaired) electrons. The van der Waals surface area contributed by atoms with Gasteiger partial charge in [0, 0.05) is 24.3 Å². The highest BCUT2D eigenvalue weighted by atomic mass is 19.4. The van der Waals surface area contributed by atoms with Crippen LogP contribution in [0.2, 0.25) is 0 Å². The highest BCUT2D eigenvalue weighted by molar-refractivity contribution is 5.81. The molecule has 3 aromatic rings. The summed E-state index contributed by atoms with van der Waals surface area (Å²) >= 11 is 0. The third-order valence-electron chi connectivity index (χ3n) is 5.54. The first-order valence-corrected chi connectivity index (χ1v) is 10.3. The molecule has 2 aromatic heterocycles. The predicted molar refractivity (Wildman–Crippen MR) is 109 cm³/mol. The zero-order valence-corrected chi connectivity index (χ0v) is 17.5. The summed E-state index contributed by atoms with van der Waals surface area (Å²) < 4.78 is 83.6. The average Bonchev–Trinajstić information content (AvgIpc) is 3.23. The number of halogens is 6. The Morgan fingerprint density at radius 2 is 1.91 bits per heavy atom. The van der Waals surface area contributed by atoms with E-state index < -0.39 is 23.9 Å². The van der Waals surface area contributed by atoms with E-state index in [4.69, 9.17) is 0 Å². The minimum absolute atomic E-state index is 0.0302. The van der Waals surface area contributed by atoms with Gasteiger partial charge in [0.1, 0.15) is 11.4 Å². The molecule has 0 aliphatic carbocycles. The summed E-state index contributed by atoms with van der Waals surface area (Å²) in [5.74, 6) is -0.604. The van der Waals surface area contributed by atoms with E-state index in [0.717, 1.165) is 38.5 Å². The monoisotopic (exact) mass is 473 g/mol. The Morgan fingerprint density at radius 3 is 2.61 bits per heavy atom. The number of hydrogen-bond acceptors (Lipinski definition) is 5. The van der Waals surface area contributed by atoms with Crippen LogP contribution in [-0.4, -0.2) is 51.5 Å². The van der Waals surface area contributed by atoms with Crippen molar-refractivity contribution >= 4 is 11.5 Å². The molecule has 4 rings (SSSR count). The van der Waals surface area contributed by atoms with Crippen LogP contribution >= 0.6 is 0 Å². The Balaban J connectivity index is 1.73. The first-order valence-electron chi connectivity index (χ1n) is 10.3.